The second kappa shape index (κ2) is 5.44. The van der Waals surface area contributed by atoms with Gasteiger partial charge in [-0.2, -0.15) is 4.39 Å². The Balaban J connectivity index is 1.89. The lowest BCUT2D eigenvalue weighted by atomic mass is 9.82. The molecule has 98 valence electrons. The molecule has 1 aliphatic rings. The van der Waals surface area contributed by atoms with E-state index in [1.807, 2.05) is 0 Å². The molecule has 0 saturated carbocycles. The maximum absolute atomic E-state index is 12.6. The van der Waals surface area contributed by atoms with Crippen LogP contribution in [0.15, 0.2) is 18.3 Å². The molecule has 5 heteroatoms. The first-order valence-corrected chi connectivity index (χ1v) is 6.07. The van der Waals surface area contributed by atoms with E-state index >= 15 is 0 Å². The third-order valence-electron chi connectivity index (χ3n) is 3.37. The third-order valence-corrected chi connectivity index (χ3v) is 3.37. The SMILES string of the molecule is CC1(CNC(=O)c2ccc(F)nc2)CCOCC1. The number of halogens is 1. The first-order valence-electron chi connectivity index (χ1n) is 6.07. The lowest BCUT2D eigenvalue weighted by Crippen LogP contribution is -2.39. The van der Waals surface area contributed by atoms with Crippen molar-refractivity contribution in [3.63, 3.8) is 0 Å². The summed E-state index contributed by atoms with van der Waals surface area (Å²) in [7, 11) is 0. The Hall–Kier alpha value is -1.49. The minimum Gasteiger partial charge on any atom is -0.381 e. The molecule has 0 radical (unpaired) electrons. The number of hydrogen-bond donors (Lipinski definition) is 1. The molecule has 1 N–H and O–H groups in total. The molecular weight excluding hydrogens is 235 g/mol. The summed E-state index contributed by atoms with van der Waals surface area (Å²) >= 11 is 0. The molecule has 0 unspecified atom stereocenters. The van der Waals surface area contributed by atoms with Gasteiger partial charge in [-0.3, -0.25) is 4.79 Å². The summed E-state index contributed by atoms with van der Waals surface area (Å²) in [6, 6.07) is 2.62. The van der Waals surface area contributed by atoms with Crippen LogP contribution < -0.4 is 5.32 Å². The van der Waals surface area contributed by atoms with Gasteiger partial charge in [0, 0.05) is 26.0 Å². The third kappa shape index (κ3) is 3.26. The summed E-state index contributed by atoms with van der Waals surface area (Å²) in [6.07, 6.45) is 3.13. The van der Waals surface area contributed by atoms with Crippen LogP contribution in [0.4, 0.5) is 4.39 Å². The van der Waals surface area contributed by atoms with Gasteiger partial charge in [-0.1, -0.05) is 6.92 Å². The predicted molar refractivity (Wildman–Crippen MR) is 64.7 cm³/mol. The maximum atomic E-state index is 12.6. The number of carbonyl (C=O) groups is 1. The fourth-order valence-corrected chi connectivity index (χ4v) is 1.95. The van der Waals surface area contributed by atoms with Crippen LogP contribution in [0, 0.1) is 11.4 Å². The summed E-state index contributed by atoms with van der Waals surface area (Å²) < 4.78 is 17.9. The molecule has 0 atom stereocenters. The van der Waals surface area contributed by atoms with Gasteiger partial charge in [-0.15, -0.1) is 0 Å². The predicted octanol–water partition coefficient (Wildman–Crippen LogP) is 1.77. The van der Waals surface area contributed by atoms with E-state index < -0.39 is 5.95 Å². The smallest absolute Gasteiger partial charge is 0.252 e. The van der Waals surface area contributed by atoms with Crippen molar-refractivity contribution in [1.82, 2.24) is 10.3 Å². The molecule has 1 amide bonds. The highest BCUT2D eigenvalue weighted by molar-refractivity contribution is 5.93. The van der Waals surface area contributed by atoms with Gasteiger partial charge in [0.2, 0.25) is 5.95 Å². The molecule has 0 spiro atoms. The fourth-order valence-electron chi connectivity index (χ4n) is 1.95. The van der Waals surface area contributed by atoms with Crippen molar-refractivity contribution >= 4 is 5.91 Å². The second-order valence-electron chi connectivity index (χ2n) is 4.98. The van der Waals surface area contributed by atoms with Crippen LogP contribution in [-0.4, -0.2) is 30.6 Å². The summed E-state index contributed by atoms with van der Waals surface area (Å²) in [4.78, 5) is 15.3. The molecule has 2 rings (SSSR count). The molecule has 4 nitrogen and oxygen atoms in total. The Kier molecular flexibility index (Phi) is 3.91. The van der Waals surface area contributed by atoms with Crippen LogP contribution >= 0.6 is 0 Å². The van der Waals surface area contributed by atoms with E-state index in [0.717, 1.165) is 26.1 Å². The number of amides is 1. The highest BCUT2D eigenvalue weighted by atomic mass is 19.1. The number of rotatable bonds is 3. The van der Waals surface area contributed by atoms with Crippen molar-refractivity contribution in [1.29, 1.82) is 0 Å². The average molecular weight is 252 g/mol. The Morgan fingerprint density at radius 1 is 1.50 bits per heavy atom. The van der Waals surface area contributed by atoms with E-state index in [1.165, 1.54) is 18.3 Å². The van der Waals surface area contributed by atoms with Crippen LogP contribution in [0.25, 0.3) is 0 Å². The van der Waals surface area contributed by atoms with E-state index in [1.54, 1.807) is 0 Å². The van der Waals surface area contributed by atoms with Crippen molar-refractivity contribution in [2.24, 2.45) is 5.41 Å². The standard InChI is InChI=1S/C13H17FN2O2/c1-13(4-6-18-7-5-13)9-16-12(17)10-2-3-11(14)15-8-10/h2-3,8H,4-7,9H2,1H3,(H,16,17). The number of ether oxygens (including phenoxy) is 1. The number of nitrogens with one attached hydrogen (secondary N) is 1. The number of pyridine rings is 1. The minimum atomic E-state index is -0.581. The molecule has 1 aromatic rings. The Bertz CT molecular complexity index is 414. The summed E-state index contributed by atoms with van der Waals surface area (Å²) in [6.45, 7) is 4.22. The van der Waals surface area contributed by atoms with Crippen molar-refractivity contribution in [3.8, 4) is 0 Å². The Morgan fingerprint density at radius 3 is 2.83 bits per heavy atom. The van der Waals surface area contributed by atoms with Gasteiger partial charge < -0.3 is 10.1 Å². The van der Waals surface area contributed by atoms with Gasteiger partial charge in [-0.05, 0) is 30.4 Å². The van der Waals surface area contributed by atoms with Crippen LogP contribution in [0.2, 0.25) is 0 Å². The largest absolute Gasteiger partial charge is 0.381 e. The molecule has 1 saturated heterocycles. The zero-order valence-corrected chi connectivity index (χ0v) is 10.4. The van der Waals surface area contributed by atoms with E-state index in [0.29, 0.717) is 12.1 Å². The number of carbonyl (C=O) groups excluding carboxylic acids is 1. The highest BCUT2D eigenvalue weighted by Gasteiger charge is 2.27. The molecule has 0 bridgehead atoms. The average Bonchev–Trinajstić information content (AvgIpc) is 2.38. The van der Waals surface area contributed by atoms with E-state index in [2.05, 4.69) is 17.2 Å². The molecule has 2 heterocycles. The molecule has 18 heavy (non-hydrogen) atoms. The molecule has 0 aliphatic carbocycles. The number of nitrogens with zero attached hydrogens (tertiary/aromatic N) is 1. The Labute approximate surface area is 106 Å². The van der Waals surface area contributed by atoms with E-state index in [9.17, 15) is 9.18 Å². The van der Waals surface area contributed by atoms with Crippen molar-refractivity contribution in [2.75, 3.05) is 19.8 Å². The molecule has 0 aromatic carbocycles. The zero-order valence-electron chi connectivity index (χ0n) is 10.4. The van der Waals surface area contributed by atoms with E-state index in [-0.39, 0.29) is 11.3 Å². The minimum absolute atomic E-state index is 0.0847. The van der Waals surface area contributed by atoms with Crippen molar-refractivity contribution < 1.29 is 13.9 Å². The molecule has 1 fully saturated rings. The molecule has 1 aliphatic heterocycles. The van der Waals surface area contributed by atoms with Gasteiger partial charge in [0.05, 0.1) is 5.56 Å². The fraction of sp³-hybridized carbons (Fsp3) is 0.538. The number of aromatic nitrogens is 1. The first-order chi connectivity index (χ1) is 8.59. The van der Waals surface area contributed by atoms with Crippen molar-refractivity contribution in [2.45, 2.75) is 19.8 Å². The highest BCUT2D eigenvalue weighted by Crippen LogP contribution is 2.28. The molecule has 1 aromatic heterocycles. The summed E-state index contributed by atoms with van der Waals surface area (Å²) in [5.74, 6) is -0.793. The van der Waals surface area contributed by atoms with Crippen molar-refractivity contribution in [3.05, 3.63) is 29.8 Å². The molecular formula is C13H17FN2O2. The van der Waals surface area contributed by atoms with Gasteiger partial charge in [0.1, 0.15) is 0 Å². The maximum Gasteiger partial charge on any atom is 0.252 e. The van der Waals surface area contributed by atoms with Crippen LogP contribution in [0.5, 0.6) is 0 Å². The quantitative estimate of drug-likeness (QED) is 0.834. The second-order valence-corrected chi connectivity index (χ2v) is 4.98. The van der Waals surface area contributed by atoms with Gasteiger partial charge in [0.15, 0.2) is 0 Å². The van der Waals surface area contributed by atoms with Crippen LogP contribution in [0.1, 0.15) is 30.1 Å². The van der Waals surface area contributed by atoms with Crippen LogP contribution in [-0.2, 0) is 4.74 Å². The zero-order chi connectivity index (χ0) is 13.0. The Morgan fingerprint density at radius 2 is 2.22 bits per heavy atom. The van der Waals surface area contributed by atoms with E-state index in [4.69, 9.17) is 4.74 Å². The lowest BCUT2D eigenvalue weighted by molar-refractivity contribution is 0.0238. The van der Waals surface area contributed by atoms with Gasteiger partial charge >= 0.3 is 0 Å². The van der Waals surface area contributed by atoms with Crippen LogP contribution in [0.3, 0.4) is 0 Å². The first kappa shape index (κ1) is 13.0. The topological polar surface area (TPSA) is 51.2 Å². The monoisotopic (exact) mass is 252 g/mol. The lowest BCUT2D eigenvalue weighted by Gasteiger charge is -2.33. The van der Waals surface area contributed by atoms with Gasteiger partial charge in [-0.25, -0.2) is 4.98 Å². The number of hydrogen-bond acceptors (Lipinski definition) is 3. The van der Waals surface area contributed by atoms with Gasteiger partial charge in [0.25, 0.3) is 5.91 Å². The normalized spacial score (nSPS) is 18.3. The summed E-state index contributed by atoms with van der Waals surface area (Å²) in [5.41, 5.74) is 0.466. The summed E-state index contributed by atoms with van der Waals surface area (Å²) in [5, 5.41) is 2.87.